The lowest BCUT2D eigenvalue weighted by atomic mass is 9.98. The molecule has 0 N–H and O–H groups in total. The van der Waals surface area contributed by atoms with Crippen molar-refractivity contribution in [3.8, 4) is 0 Å². The molecule has 0 aromatic heterocycles. The van der Waals surface area contributed by atoms with Crippen molar-refractivity contribution in [3.63, 3.8) is 0 Å². The fourth-order valence-corrected chi connectivity index (χ4v) is 2.55. The second-order valence-corrected chi connectivity index (χ2v) is 6.00. The molecule has 1 aliphatic rings. The van der Waals surface area contributed by atoms with Gasteiger partial charge in [0.2, 0.25) is 0 Å². The Hall–Kier alpha value is -1.51. The van der Waals surface area contributed by atoms with E-state index in [1.807, 2.05) is 44.7 Å². The van der Waals surface area contributed by atoms with Gasteiger partial charge in [-0.25, -0.2) is 4.79 Å². The van der Waals surface area contributed by atoms with E-state index in [0.717, 1.165) is 5.56 Å². The molecule has 0 bridgehead atoms. The third kappa shape index (κ3) is 2.22. The fraction of sp³-hybridized carbons (Fsp3) is 0.533. The Morgan fingerprint density at radius 2 is 1.72 bits per heavy atom. The van der Waals surface area contributed by atoms with E-state index in [4.69, 9.17) is 4.74 Å². The Bertz CT molecular complexity index is 445. The molecule has 3 heteroatoms. The normalized spacial score (nSPS) is 24.3. The molecule has 0 spiro atoms. The van der Waals surface area contributed by atoms with Gasteiger partial charge in [0.05, 0.1) is 6.04 Å². The SMILES string of the molecule is Cc1ccc([C@@H]2OC(=O)N(C(C)(C)C)[C@@H]2C)cc1. The topological polar surface area (TPSA) is 29.5 Å². The fourth-order valence-electron chi connectivity index (χ4n) is 2.55. The highest BCUT2D eigenvalue weighted by molar-refractivity contribution is 5.72. The van der Waals surface area contributed by atoms with Gasteiger partial charge in [-0.05, 0) is 40.2 Å². The van der Waals surface area contributed by atoms with E-state index >= 15 is 0 Å². The predicted molar refractivity (Wildman–Crippen MR) is 71.5 cm³/mol. The number of hydrogen-bond acceptors (Lipinski definition) is 2. The second-order valence-electron chi connectivity index (χ2n) is 6.00. The summed E-state index contributed by atoms with van der Waals surface area (Å²) < 4.78 is 5.53. The van der Waals surface area contributed by atoms with Crippen LogP contribution in [0, 0.1) is 6.92 Å². The Kier molecular flexibility index (Phi) is 3.09. The molecule has 1 fully saturated rings. The van der Waals surface area contributed by atoms with Gasteiger partial charge in [-0.1, -0.05) is 29.8 Å². The van der Waals surface area contributed by atoms with Crippen LogP contribution in [0.5, 0.6) is 0 Å². The van der Waals surface area contributed by atoms with Crippen LogP contribution in [0.2, 0.25) is 0 Å². The summed E-state index contributed by atoms with van der Waals surface area (Å²) in [6, 6.07) is 8.23. The lowest BCUT2D eigenvalue weighted by Gasteiger charge is -2.33. The number of nitrogens with zero attached hydrogens (tertiary/aromatic N) is 1. The van der Waals surface area contributed by atoms with E-state index in [1.165, 1.54) is 5.56 Å². The number of cyclic esters (lactones) is 1. The number of rotatable bonds is 1. The molecule has 1 amide bonds. The van der Waals surface area contributed by atoms with Gasteiger partial charge in [-0.15, -0.1) is 0 Å². The van der Waals surface area contributed by atoms with Gasteiger partial charge in [0.25, 0.3) is 0 Å². The van der Waals surface area contributed by atoms with Crippen molar-refractivity contribution in [2.24, 2.45) is 0 Å². The van der Waals surface area contributed by atoms with Gasteiger partial charge in [-0.2, -0.15) is 0 Å². The van der Waals surface area contributed by atoms with E-state index in [0.29, 0.717) is 0 Å². The quantitative estimate of drug-likeness (QED) is 0.757. The highest BCUT2D eigenvalue weighted by Gasteiger charge is 2.44. The molecular weight excluding hydrogens is 226 g/mol. The van der Waals surface area contributed by atoms with Crippen LogP contribution in [0.15, 0.2) is 24.3 Å². The van der Waals surface area contributed by atoms with Crippen LogP contribution in [0.1, 0.15) is 44.9 Å². The van der Waals surface area contributed by atoms with Crippen LogP contribution in [0.25, 0.3) is 0 Å². The largest absolute Gasteiger partial charge is 0.439 e. The summed E-state index contributed by atoms with van der Waals surface area (Å²) in [7, 11) is 0. The molecule has 0 aliphatic carbocycles. The highest BCUT2D eigenvalue weighted by Crippen LogP contribution is 2.36. The number of carbonyl (C=O) groups excluding carboxylic acids is 1. The van der Waals surface area contributed by atoms with Crippen molar-refractivity contribution in [3.05, 3.63) is 35.4 Å². The van der Waals surface area contributed by atoms with E-state index in [9.17, 15) is 4.79 Å². The van der Waals surface area contributed by atoms with E-state index in [-0.39, 0.29) is 23.8 Å². The summed E-state index contributed by atoms with van der Waals surface area (Å²) >= 11 is 0. The third-order valence-electron chi connectivity index (χ3n) is 3.40. The Morgan fingerprint density at radius 3 is 2.17 bits per heavy atom. The highest BCUT2D eigenvalue weighted by atomic mass is 16.6. The van der Waals surface area contributed by atoms with Crippen LogP contribution in [-0.4, -0.2) is 22.6 Å². The summed E-state index contributed by atoms with van der Waals surface area (Å²) in [6.45, 7) is 10.2. The molecule has 1 saturated heterocycles. The van der Waals surface area contributed by atoms with Gasteiger partial charge in [0.1, 0.15) is 6.10 Å². The molecule has 2 rings (SSSR count). The van der Waals surface area contributed by atoms with Crippen molar-refractivity contribution in [2.45, 2.75) is 52.3 Å². The first-order valence-electron chi connectivity index (χ1n) is 6.37. The number of aryl methyl sites for hydroxylation is 1. The number of ether oxygens (including phenoxy) is 1. The average molecular weight is 247 g/mol. The number of amides is 1. The molecular formula is C15H21NO2. The summed E-state index contributed by atoms with van der Waals surface area (Å²) in [4.78, 5) is 13.8. The zero-order valence-electron chi connectivity index (χ0n) is 11.7. The van der Waals surface area contributed by atoms with Crippen LogP contribution < -0.4 is 0 Å². The lowest BCUT2D eigenvalue weighted by Crippen LogP contribution is -2.46. The molecule has 1 heterocycles. The van der Waals surface area contributed by atoms with Gasteiger partial charge in [0, 0.05) is 5.54 Å². The number of hydrogen-bond donors (Lipinski definition) is 0. The molecule has 98 valence electrons. The minimum atomic E-state index is -0.222. The molecule has 0 radical (unpaired) electrons. The van der Waals surface area contributed by atoms with Crippen molar-refractivity contribution in [2.75, 3.05) is 0 Å². The maximum absolute atomic E-state index is 12.0. The standard InChI is InChI=1S/C15H21NO2/c1-10-6-8-12(9-7-10)13-11(2)16(14(17)18-13)15(3,4)5/h6-9,11,13H,1-5H3/t11-,13-/m1/s1. The number of benzene rings is 1. The minimum absolute atomic E-state index is 0.0557. The summed E-state index contributed by atoms with van der Waals surface area (Å²) in [6.07, 6.45) is -0.391. The lowest BCUT2D eigenvalue weighted by molar-refractivity contribution is 0.119. The van der Waals surface area contributed by atoms with Gasteiger partial charge in [-0.3, -0.25) is 4.90 Å². The molecule has 1 aromatic rings. The predicted octanol–water partition coefficient (Wildman–Crippen LogP) is 3.68. The maximum atomic E-state index is 12.0. The van der Waals surface area contributed by atoms with Crippen molar-refractivity contribution < 1.29 is 9.53 Å². The van der Waals surface area contributed by atoms with E-state index < -0.39 is 0 Å². The molecule has 1 aromatic carbocycles. The zero-order valence-corrected chi connectivity index (χ0v) is 11.7. The van der Waals surface area contributed by atoms with Gasteiger partial charge < -0.3 is 4.74 Å². The first-order valence-corrected chi connectivity index (χ1v) is 6.37. The smallest absolute Gasteiger partial charge is 0.411 e. The molecule has 0 unspecified atom stereocenters. The van der Waals surface area contributed by atoms with Gasteiger partial charge in [0.15, 0.2) is 0 Å². The first kappa shape index (κ1) is 12.9. The zero-order chi connectivity index (χ0) is 13.5. The monoisotopic (exact) mass is 247 g/mol. The Labute approximate surface area is 109 Å². The van der Waals surface area contributed by atoms with E-state index in [1.54, 1.807) is 0 Å². The maximum Gasteiger partial charge on any atom is 0.411 e. The summed E-state index contributed by atoms with van der Waals surface area (Å²) in [5.41, 5.74) is 2.06. The van der Waals surface area contributed by atoms with Crippen molar-refractivity contribution in [1.82, 2.24) is 4.90 Å². The Morgan fingerprint density at radius 1 is 1.17 bits per heavy atom. The molecule has 0 saturated carbocycles. The van der Waals surface area contributed by atoms with Crippen LogP contribution in [-0.2, 0) is 4.74 Å². The minimum Gasteiger partial charge on any atom is -0.439 e. The van der Waals surface area contributed by atoms with Crippen LogP contribution >= 0.6 is 0 Å². The van der Waals surface area contributed by atoms with Crippen LogP contribution in [0.4, 0.5) is 4.79 Å². The third-order valence-corrected chi connectivity index (χ3v) is 3.40. The number of carbonyl (C=O) groups is 1. The molecule has 3 nitrogen and oxygen atoms in total. The molecule has 1 aliphatic heterocycles. The van der Waals surface area contributed by atoms with Crippen LogP contribution in [0.3, 0.4) is 0 Å². The summed E-state index contributed by atoms with van der Waals surface area (Å²) in [5, 5.41) is 0. The van der Waals surface area contributed by atoms with Crippen molar-refractivity contribution >= 4 is 6.09 Å². The Balaban J connectivity index is 2.28. The first-order chi connectivity index (χ1) is 8.30. The molecule has 18 heavy (non-hydrogen) atoms. The summed E-state index contributed by atoms with van der Waals surface area (Å²) in [5.74, 6) is 0. The molecule has 2 atom stereocenters. The second kappa shape index (κ2) is 4.30. The van der Waals surface area contributed by atoms with Gasteiger partial charge >= 0.3 is 6.09 Å². The van der Waals surface area contributed by atoms with Crippen molar-refractivity contribution in [1.29, 1.82) is 0 Å². The van der Waals surface area contributed by atoms with E-state index in [2.05, 4.69) is 19.1 Å². The average Bonchev–Trinajstić information content (AvgIpc) is 2.54.